The van der Waals surface area contributed by atoms with Gasteiger partial charge in [-0.3, -0.25) is 4.79 Å². The Hall–Kier alpha value is -1.69. The van der Waals surface area contributed by atoms with Crippen LogP contribution in [0.2, 0.25) is 0 Å². The quantitative estimate of drug-likeness (QED) is 0.672. The third-order valence-corrected chi connectivity index (χ3v) is 7.54. The molecule has 2 heterocycles. The fourth-order valence-electron chi connectivity index (χ4n) is 4.84. The fraction of sp³-hybridized carbons (Fsp3) is 0.480. The van der Waals surface area contributed by atoms with Gasteiger partial charge in [0.1, 0.15) is 0 Å². The van der Waals surface area contributed by atoms with E-state index >= 15 is 0 Å². The summed E-state index contributed by atoms with van der Waals surface area (Å²) in [4.78, 5) is 17.7. The highest BCUT2D eigenvalue weighted by Gasteiger charge is 2.47. The number of hydrogen-bond acceptors (Lipinski definition) is 3. The largest absolute Gasteiger partial charge is 0.385 e. The van der Waals surface area contributed by atoms with Crippen LogP contribution in [0.4, 0.5) is 0 Å². The normalized spacial score (nSPS) is 21.2. The molecular weight excluding hydrogens is 440 g/mol. The van der Waals surface area contributed by atoms with Crippen LogP contribution in [0, 0.1) is 5.41 Å². The Bertz CT molecular complexity index is 858. The average Bonchev–Trinajstić information content (AvgIpc) is 3.05. The molecule has 4 nitrogen and oxygen atoms in total. The van der Waals surface area contributed by atoms with Crippen molar-refractivity contribution < 1.29 is 9.90 Å². The molecule has 0 aliphatic carbocycles. The van der Waals surface area contributed by atoms with Gasteiger partial charge in [-0.2, -0.15) is 0 Å². The highest BCUT2D eigenvalue weighted by atomic mass is 79.9. The Morgan fingerprint density at radius 1 is 1.00 bits per heavy atom. The van der Waals surface area contributed by atoms with E-state index < -0.39 is 5.60 Å². The second kappa shape index (κ2) is 8.81. The van der Waals surface area contributed by atoms with Crippen molar-refractivity contribution >= 4 is 21.8 Å². The van der Waals surface area contributed by atoms with Crippen molar-refractivity contribution in [2.75, 3.05) is 26.2 Å². The third-order valence-electron chi connectivity index (χ3n) is 7.01. The van der Waals surface area contributed by atoms with Gasteiger partial charge in [0.25, 0.3) is 0 Å². The molecule has 2 aliphatic heterocycles. The van der Waals surface area contributed by atoms with E-state index in [1.807, 2.05) is 54.3 Å². The van der Waals surface area contributed by atoms with Gasteiger partial charge in [-0.1, -0.05) is 58.4 Å². The second-order valence-electron chi connectivity index (χ2n) is 9.12. The lowest BCUT2D eigenvalue weighted by Gasteiger charge is -2.39. The van der Waals surface area contributed by atoms with Crippen LogP contribution in [0.25, 0.3) is 0 Å². The van der Waals surface area contributed by atoms with Gasteiger partial charge in [0.2, 0.25) is 5.91 Å². The molecule has 160 valence electrons. The van der Waals surface area contributed by atoms with Crippen LogP contribution in [-0.4, -0.2) is 47.0 Å². The van der Waals surface area contributed by atoms with Crippen molar-refractivity contribution in [2.24, 2.45) is 5.41 Å². The van der Waals surface area contributed by atoms with Gasteiger partial charge < -0.3 is 14.9 Å². The minimum absolute atomic E-state index is 0.173. The lowest BCUT2D eigenvalue weighted by Crippen LogP contribution is -2.45. The molecule has 0 bridgehead atoms. The maximum atomic E-state index is 13.2. The summed E-state index contributed by atoms with van der Waals surface area (Å²) >= 11 is 3.47. The molecule has 1 atom stereocenters. The number of nitrogens with zero attached hydrogens (tertiary/aromatic N) is 2. The number of likely N-dealkylation sites (tertiary alicyclic amines) is 2. The zero-order valence-electron chi connectivity index (χ0n) is 17.7. The lowest BCUT2D eigenvalue weighted by atomic mass is 9.77. The number of halogens is 1. The van der Waals surface area contributed by atoms with E-state index in [1.54, 1.807) is 0 Å². The summed E-state index contributed by atoms with van der Waals surface area (Å²) in [6, 6.07) is 18.1. The summed E-state index contributed by atoms with van der Waals surface area (Å²) in [5.41, 5.74) is 1.16. The van der Waals surface area contributed by atoms with E-state index in [-0.39, 0.29) is 5.41 Å². The van der Waals surface area contributed by atoms with Crippen LogP contribution in [0.5, 0.6) is 0 Å². The lowest BCUT2D eigenvalue weighted by molar-refractivity contribution is -0.139. The maximum absolute atomic E-state index is 13.2. The Balaban J connectivity index is 1.29. The molecular formula is C25H31BrN2O2. The Morgan fingerprint density at radius 3 is 2.30 bits per heavy atom. The standard InChI is InChI=1S/C25H31BrN2O2/c1-24(30,21-5-3-2-4-6-21)11-15-27-16-12-25(13-17-27)14-18-28(23(25)29)19-20-7-9-22(26)10-8-20/h2-10,30H,11-19H2,1H3. The molecule has 30 heavy (non-hydrogen) atoms. The number of carbonyl (C=O) groups excluding carboxylic acids is 1. The van der Waals surface area contributed by atoms with Crippen LogP contribution < -0.4 is 0 Å². The van der Waals surface area contributed by atoms with E-state index in [4.69, 9.17) is 0 Å². The van der Waals surface area contributed by atoms with Gasteiger partial charge >= 0.3 is 0 Å². The summed E-state index contributed by atoms with van der Waals surface area (Å²) in [6.07, 6.45) is 3.53. The SMILES string of the molecule is CC(O)(CCN1CCC2(CC1)CCN(Cc1ccc(Br)cc1)C2=O)c1ccccc1. The number of aliphatic hydroxyl groups is 1. The monoisotopic (exact) mass is 470 g/mol. The molecule has 1 amide bonds. The third kappa shape index (κ3) is 4.63. The molecule has 1 unspecified atom stereocenters. The van der Waals surface area contributed by atoms with Crippen LogP contribution in [0.15, 0.2) is 59.1 Å². The molecule has 2 aromatic rings. The zero-order valence-corrected chi connectivity index (χ0v) is 19.3. The summed E-state index contributed by atoms with van der Waals surface area (Å²) in [6.45, 7) is 6.18. The molecule has 2 aromatic carbocycles. The van der Waals surface area contributed by atoms with Gasteiger partial charge in [-0.25, -0.2) is 0 Å². The Kier molecular flexibility index (Phi) is 6.33. The number of piperidine rings is 1. The highest BCUT2D eigenvalue weighted by Crippen LogP contribution is 2.42. The molecule has 0 saturated carbocycles. The minimum atomic E-state index is -0.818. The topological polar surface area (TPSA) is 43.8 Å². The van der Waals surface area contributed by atoms with E-state index in [2.05, 4.69) is 33.0 Å². The van der Waals surface area contributed by atoms with Crippen LogP contribution >= 0.6 is 15.9 Å². The highest BCUT2D eigenvalue weighted by molar-refractivity contribution is 9.10. The molecule has 2 fully saturated rings. The number of rotatable bonds is 6. The van der Waals surface area contributed by atoms with Gasteiger partial charge in [0.15, 0.2) is 0 Å². The van der Waals surface area contributed by atoms with Crippen LogP contribution in [-0.2, 0) is 16.9 Å². The summed E-state index contributed by atoms with van der Waals surface area (Å²) < 4.78 is 1.06. The minimum Gasteiger partial charge on any atom is -0.385 e. The Labute approximate surface area is 188 Å². The maximum Gasteiger partial charge on any atom is 0.229 e. The zero-order chi connectivity index (χ0) is 21.2. The smallest absolute Gasteiger partial charge is 0.229 e. The summed E-state index contributed by atoms with van der Waals surface area (Å²) in [7, 11) is 0. The number of carbonyl (C=O) groups is 1. The first-order chi connectivity index (χ1) is 14.4. The summed E-state index contributed by atoms with van der Waals surface area (Å²) in [5, 5.41) is 10.9. The summed E-state index contributed by atoms with van der Waals surface area (Å²) in [5.74, 6) is 0.335. The van der Waals surface area contributed by atoms with Crippen molar-refractivity contribution in [3.05, 3.63) is 70.2 Å². The second-order valence-corrected chi connectivity index (χ2v) is 10.0. The van der Waals surface area contributed by atoms with E-state index in [1.165, 1.54) is 5.56 Å². The molecule has 1 N–H and O–H groups in total. The van der Waals surface area contributed by atoms with Crippen LogP contribution in [0.1, 0.15) is 43.7 Å². The van der Waals surface area contributed by atoms with Crippen molar-refractivity contribution in [1.82, 2.24) is 9.80 Å². The first-order valence-corrected chi connectivity index (χ1v) is 11.7. The number of amides is 1. The fourth-order valence-corrected chi connectivity index (χ4v) is 5.10. The molecule has 4 rings (SSSR count). The van der Waals surface area contributed by atoms with Crippen molar-refractivity contribution in [3.63, 3.8) is 0 Å². The van der Waals surface area contributed by atoms with E-state index in [0.717, 1.165) is 55.5 Å². The molecule has 5 heteroatoms. The van der Waals surface area contributed by atoms with Gasteiger partial charge in [0.05, 0.1) is 11.0 Å². The van der Waals surface area contributed by atoms with Gasteiger partial charge in [-0.05, 0) is 69.0 Å². The molecule has 1 spiro atoms. The predicted molar refractivity (Wildman–Crippen MR) is 123 cm³/mol. The predicted octanol–water partition coefficient (Wildman–Crippen LogP) is 4.56. The van der Waals surface area contributed by atoms with Crippen molar-refractivity contribution in [3.8, 4) is 0 Å². The van der Waals surface area contributed by atoms with Crippen molar-refractivity contribution in [2.45, 2.75) is 44.8 Å². The van der Waals surface area contributed by atoms with Crippen LogP contribution in [0.3, 0.4) is 0 Å². The van der Waals surface area contributed by atoms with E-state index in [9.17, 15) is 9.90 Å². The van der Waals surface area contributed by atoms with Gasteiger partial charge in [-0.15, -0.1) is 0 Å². The molecule has 0 radical (unpaired) electrons. The first-order valence-electron chi connectivity index (χ1n) is 10.9. The van der Waals surface area contributed by atoms with E-state index in [0.29, 0.717) is 18.9 Å². The molecule has 0 aromatic heterocycles. The number of benzene rings is 2. The average molecular weight is 471 g/mol. The Morgan fingerprint density at radius 2 is 1.63 bits per heavy atom. The van der Waals surface area contributed by atoms with Gasteiger partial charge in [0, 0.05) is 24.1 Å². The molecule has 2 saturated heterocycles. The molecule has 2 aliphatic rings. The first kappa shape index (κ1) is 21.5. The van der Waals surface area contributed by atoms with Crippen molar-refractivity contribution in [1.29, 1.82) is 0 Å². The number of hydrogen-bond donors (Lipinski definition) is 1.